The van der Waals surface area contributed by atoms with Gasteiger partial charge in [0.1, 0.15) is 5.75 Å². The Balaban J connectivity index is 1.79. The Labute approximate surface area is 153 Å². The number of carbonyl (C=O) groups is 1. The molecule has 5 heteroatoms. The average molecular weight is 359 g/mol. The van der Waals surface area contributed by atoms with Crippen molar-refractivity contribution in [3.8, 4) is 5.75 Å². The number of nitrogens with zero attached hydrogens (tertiary/aromatic N) is 1. The molecule has 4 nitrogen and oxygen atoms in total. The number of halogens is 1. The van der Waals surface area contributed by atoms with Crippen molar-refractivity contribution in [1.29, 1.82) is 0 Å². The summed E-state index contributed by atoms with van der Waals surface area (Å²) in [6.07, 6.45) is 1.81. The molecule has 0 radical (unpaired) electrons. The maximum atomic E-state index is 12.0. The minimum atomic E-state index is -0.649. The van der Waals surface area contributed by atoms with Crippen LogP contribution in [0.3, 0.4) is 0 Å². The van der Waals surface area contributed by atoms with E-state index in [1.165, 1.54) is 5.56 Å². The smallest absolute Gasteiger partial charge is 0.280 e. The number of nitrogens with one attached hydrogen (secondary N) is 1. The average Bonchev–Trinajstić information content (AvgIpc) is 2.62. The van der Waals surface area contributed by atoms with Crippen LogP contribution in [0.4, 0.5) is 0 Å². The third kappa shape index (κ3) is 5.91. The van der Waals surface area contributed by atoms with Crippen molar-refractivity contribution in [3.05, 3.63) is 64.7 Å². The van der Waals surface area contributed by atoms with Crippen LogP contribution in [0.15, 0.2) is 53.6 Å². The molecule has 132 valence electrons. The molecular weight excluding hydrogens is 336 g/mol. The van der Waals surface area contributed by atoms with Gasteiger partial charge in [0.25, 0.3) is 5.91 Å². The minimum absolute atomic E-state index is 0.295. The van der Waals surface area contributed by atoms with Crippen LogP contribution in [-0.2, 0) is 4.79 Å². The predicted molar refractivity (Wildman–Crippen MR) is 102 cm³/mol. The number of hydrazone groups is 1. The Hall–Kier alpha value is -2.33. The Morgan fingerprint density at radius 1 is 1.24 bits per heavy atom. The Bertz CT molecular complexity index is 732. The molecule has 0 heterocycles. The third-order valence-electron chi connectivity index (χ3n) is 3.91. The minimum Gasteiger partial charge on any atom is -0.481 e. The molecule has 2 aromatic rings. The van der Waals surface area contributed by atoms with Crippen molar-refractivity contribution in [2.45, 2.75) is 39.2 Å². The van der Waals surface area contributed by atoms with Crippen LogP contribution in [0.2, 0.25) is 5.02 Å². The quantitative estimate of drug-likeness (QED) is 0.575. The molecule has 1 amide bonds. The molecule has 0 aliphatic rings. The first-order valence-electron chi connectivity index (χ1n) is 8.26. The highest BCUT2D eigenvalue weighted by molar-refractivity contribution is 6.31. The summed E-state index contributed by atoms with van der Waals surface area (Å²) < 4.78 is 5.61. The molecular formula is C20H23ClN2O2. The summed E-state index contributed by atoms with van der Waals surface area (Å²) in [4.78, 5) is 12.0. The highest BCUT2D eigenvalue weighted by Crippen LogP contribution is 2.22. The van der Waals surface area contributed by atoms with E-state index in [4.69, 9.17) is 16.3 Å². The summed E-state index contributed by atoms with van der Waals surface area (Å²) in [5.41, 5.74) is 4.66. The van der Waals surface area contributed by atoms with Crippen molar-refractivity contribution >= 4 is 23.7 Å². The molecule has 2 atom stereocenters. The molecule has 2 rings (SSSR count). The lowest BCUT2D eigenvalue weighted by Crippen LogP contribution is -2.33. The van der Waals surface area contributed by atoms with Crippen LogP contribution in [0, 0.1) is 6.92 Å². The van der Waals surface area contributed by atoms with E-state index in [2.05, 4.69) is 29.6 Å². The van der Waals surface area contributed by atoms with E-state index in [9.17, 15) is 4.79 Å². The largest absolute Gasteiger partial charge is 0.481 e. The van der Waals surface area contributed by atoms with Gasteiger partial charge in [-0.2, -0.15) is 5.10 Å². The molecule has 0 unspecified atom stereocenters. The van der Waals surface area contributed by atoms with Crippen LogP contribution >= 0.6 is 11.6 Å². The van der Waals surface area contributed by atoms with Gasteiger partial charge in [0, 0.05) is 11.2 Å². The monoisotopic (exact) mass is 358 g/mol. The lowest BCUT2D eigenvalue weighted by Gasteiger charge is -2.14. The molecule has 0 saturated heterocycles. The molecule has 0 bridgehead atoms. The highest BCUT2D eigenvalue weighted by atomic mass is 35.5. The number of hydrogen-bond acceptors (Lipinski definition) is 3. The van der Waals surface area contributed by atoms with Crippen LogP contribution < -0.4 is 10.2 Å². The fraction of sp³-hybridized carbons (Fsp3) is 0.300. The normalized spacial score (nSPS) is 13.4. The number of rotatable bonds is 7. The predicted octanol–water partition coefficient (Wildman–Crippen LogP) is 4.71. The highest BCUT2D eigenvalue weighted by Gasteiger charge is 2.14. The topological polar surface area (TPSA) is 50.7 Å². The van der Waals surface area contributed by atoms with Gasteiger partial charge in [0.15, 0.2) is 6.10 Å². The van der Waals surface area contributed by atoms with E-state index < -0.39 is 6.10 Å². The zero-order chi connectivity index (χ0) is 18.2. The summed E-state index contributed by atoms with van der Waals surface area (Å²) in [5.74, 6) is 0.648. The number of ether oxygens (including phenoxy) is 1. The fourth-order valence-electron chi connectivity index (χ4n) is 2.28. The molecule has 0 aliphatic heterocycles. The van der Waals surface area contributed by atoms with Crippen molar-refractivity contribution in [2.75, 3.05) is 0 Å². The number of benzene rings is 2. The first-order valence-corrected chi connectivity index (χ1v) is 8.64. The summed E-state index contributed by atoms with van der Waals surface area (Å²) in [6, 6.07) is 15.5. The van der Waals surface area contributed by atoms with Crippen LogP contribution in [0.1, 0.15) is 37.3 Å². The molecule has 0 aliphatic carbocycles. The lowest BCUT2D eigenvalue weighted by atomic mass is 9.99. The molecule has 0 aromatic heterocycles. The van der Waals surface area contributed by atoms with Crippen LogP contribution in [0.5, 0.6) is 5.75 Å². The number of amides is 1. The van der Waals surface area contributed by atoms with E-state index in [1.54, 1.807) is 31.3 Å². The fourth-order valence-corrected chi connectivity index (χ4v) is 2.39. The second-order valence-corrected chi connectivity index (χ2v) is 6.41. The zero-order valence-electron chi connectivity index (χ0n) is 14.7. The molecule has 25 heavy (non-hydrogen) atoms. The van der Waals surface area contributed by atoms with E-state index in [0.717, 1.165) is 12.0 Å². The van der Waals surface area contributed by atoms with E-state index in [-0.39, 0.29) is 5.91 Å². The Kier molecular flexibility index (Phi) is 7.02. The molecule has 1 N–H and O–H groups in total. The maximum Gasteiger partial charge on any atom is 0.280 e. The van der Waals surface area contributed by atoms with Gasteiger partial charge in [-0.05, 0) is 55.5 Å². The summed E-state index contributed by atoms with van der Waals surface area (Å²) in [5, 5.41) is 4.67. The Morgan fingerprint density at radius 3 is 2.64 bits per heavy atom. The molecule has 0 saturated carbocycles. The summed E-state index contributed by atoms with van der Waals surface area (Å²) in [7, 11) is 0. The van der Waals surface area contributed by atoms with E-state index in [1.807, 2.05) is 25.1 Å². The van der Waals surface area contributed by atoms with Gasteiger partial charge in [0.2, 0.25) is 0 Å². The van der Waals surface area contributed by atoms with E-state index >= 15 is 0 Å². The van der Waals surface area contributed by atoms with Gasteiger partial charge in [-0.3, -0.25) is 4.79 Å². The first-order chi connectivity index (χ1) is 12.0. The zero-order valence-corrected chi connectivity index (χ0v) is 15.5. The second-order valence-electron chi connectivity index (χ2n) is 6.01. The van der Waals surface area contributed by atoms with Crippen LogP contribution in [-0.4, -0.2) is 18.2 Å². The SMILES string of the molecule is Cc1cc(O[C@@H](C)C(=O)NN=CC[C@@H](C)c2ccccc2)ccc1Cl. The van der Waals surface area contributed by atoms with Crippen LogP contribution in [0.25, 0.3) is 0 Å². The molecule has 2 aromatic carbocycles. The van der Waals surface area contributed by atoms with Gasteiger partial charge in [-0.1, -0.05) is 48.9 Å². The second kappa shape index (κ2) is 9.23. The lowest BCUT2D eigenvalue weighted by molar-refractivity contribution is -0.127. The number of hydrogen-bond donors (Lipinski definition) is 1. The van der Waals surface area contributed by atoms with Crippen molar-refractivity contribution in [1.82, 2.24) is 5.43 Å². The number of carbonyl (C=O) groups excluding carboxylic acids is 1. The van der Waals surface area contributed by atoms with E-state index in [0.29, 0.717) is 16.7 Å². The summed E-state index contributed by atoms with van der Waals surface area (Å²) >= 11 is 5.98. The molecule has 0 fully saturated rings. The van der Waals surface area contributed by atoms with Gasteiger partial charge in [-0.25, -0.2) is 5.43 Å². The maximum absolute atomic E-state index is 12.0. The molecule has 0 spiro atoms. The Morgan fingerprint density at radius 2 is 1.96 bits per heavy atom. The number of aryl methyl sites for hydroxylation is 1. The van der Waals surface area contributed by atoms with Gasteiger partial charge in [-0.15, -0.1) is 0 Å². The van der Waals surface area contributed by atoms with Gasteiger partial charge >= 0.3 is 0 Å². The third-order valence-corrected chi connectivity index (χ3v) is 4.33. The van der Waals surface area contributed by atoms with Gasteiger partial charge in [0.05, 0.1) is 0 Å². The van der Waals surface area contributed by atoms with Crippen molar-refractivity contribution in [2.24, 2.45) is 5.10 Å². The summed E-state index contributed by atoms with van der Waals surface area (Å²) in [6.45, 7) is 5.69. The standard InChI is InChI=1S/C20H23ClN2O2/c1-14(17-7-5-4-6-8-17)11-12-22-23-20(24)16(3)25-18-9-10-19(21)15(2)13-18/h4-10,12-14,16H,11H2,1-3H3,(H,23,24)/t14-,16+/m1/s1. The van der Waals surface area contributed by atoms with Gasteiger partial charge < -0.3 is 4.74 Å². The first kappa shape index (κ1) is 19.0. The van der Waals surface area contributed by atoms with Crippen molar-refractivity contribution in [3.63, 3.8) is 0 Å². The van der Waals surface area contributed by atoms with Crippen molar-refractivity contribution < 1.29 is 9.53 Å².